The van der Waals surface area contributed by atoms with Gasteiger partial charge in [0.05, 0.1) is 0 Å². The Morgan fingerprint density at radius 1 is 0.548 bits per heavy atom. The van der Waals surface area contributed by atoms with Crippen LogP contribution in [0.3, 0.4) is 0 Å². The summed E-state index contributed by atoms with van der Waals surface area (Å²) in [6.07, 6.45) is 10.5. The van der Waals surface area contributed by atoms with Crippen LogP contribution in [0.25, 0.3) is 0 Å². The molecule has 0 aliphatic carbocycles. The molecular formula is C22H30S4Se5. The second-order valence-electron chi connectivity index (χ2n) is 8.99. The predicted octanol–water partition coefficient (Wildman–Crippen LogP) is 3.21. The summed E-state index contributed by atoms with van der Waals surface area (Å²) in [5.74, 6) is 5.53. The zero-order valence-corrected chi connectivity index (χ0v) is 29.5. The van der Waals surface area contributed by atoms with Gasteiger partial charge in [0.25, 0.3) is 0 Å². The fraction of sp³-hybridized carbons (Fsp3) is 0.818. The normalized spacial score (nSPS) is 29.7. The van der Waals surface area contributed by atoms with Crippen molar-refractivity contribution in [1.29, 1.82) is 0 Å². The average molecular weight is 818 g/mol. The van der Waals surface area contributed by atoms with Gasteiger partial charge in [-0.05, 0) is 0 Å². The standard InChI is InChI=1S/C22H30S4Se5/c27-17(1-13-9-23-13)5-21(6-18(28)2-14-10-24-14)31-22(7-19(29)3-15-11-25-15)8-20(30)4-16-12-26-16/h13-16,21-22H,1-12H2. The van der Waals surface area contributed by atoms with Crippen molar-refractivity contribution in [2.45, 2.75) is 82.0 Å². The summed E-state index contributed by atoms with van der Waals surface area (Å²) in [6.45, 7) is 0. The quantitative estimate of drug-likeness (QED) is 0.154. The summed E-state index contributed by atoms with van der Waals surface area (Å²) < 4.78 is 6.60. The van der Waals surface area contributed by atoms with E-state index in [0.29, 0.717) is 15.0 Å². The van der Waals surface area contributed by atoms with Crippen molar-refractivity contribution in [3.05, 3.63) is 0 Å². The minimum atomic E-state index is 0.676. The average Bonchev–Trinajstić information content (AvgIpc) is 3.47. The minimum absolute atomic E-state index is 0.676. The van der Waals surface area contributed by atoms with Crippen molar-refractivity contribution in [1.82, 2.24) is 0 Å². The van der Waals surface area contributed by atoms with E-state index in [2.05, 4.69) is 109 Å². The van der Waals surface area contributed by atoms with E-state index in [4.69, 9.17) is 0 Å². The molecular weight excluding hydrogens is 787 g/mol. The van der Waals surface area contributed by atoms with Crippen molar-refractivity contribution in [2.24, 2.45) is 0 Å². The van der Waals surface area contributed by atoms with Crippen molar-refractivity contribution in [3.8, 4) is 0 Å². The van der Waals surface area contributed by atoms with Gasteiger partial charge in [0.15, 0.2) is 0 Å². The molecule has 0 radical (unpaired) electrons. The summed E-state index contributed by atoms with van der Waals surface area (Å²) in [5.41, 5.74) is 0. The Hall–Kier alpha value is 3.48. The van der Waals surface area contributed by atoms with E-state index >= 15 is 0 Å². The first-order chi connectivity index (χ1) is 14.9. The molecule has 4 aliphatic heterocycles. The molecule has 4 unspecified atom stereocenters. The maximum absolute atomic E-state index is 3.49. The van der Waals surface area contributed by atoms with Gasteiger partial charge in [-0.15, -0.1) is 0 Å². The third kappa shape index (κ3) is 12.5. The van der Waals surface area contributed by atoms with Crippen LogP contribution in [0, 0.1) is 0 Å². The topological polar surface area (TPSA) is 0 Å². The van der Waals surface area contributed by atoms with Crippen LogP contribution >= 0.6 is 47.0 Å². The SMILES string of the molecule is [Se]=C(CC1CS1)CC(CC(=[Se])CC1CS1)[Se]C(CC(=[Se])CC1CS1)CC(=[Se])CC1CS1. The fourth-order valence-corrected chi connectivity index (χ4v) is 16.1. The summed E-state index contributed by atoms with van der Waals surface area (Å²) in [4.78, 5) is 1.70. The Labute approximate surface area is 244 Å². The Morgan fingerprint density at radius 2 is 0.774 bits per heavy atom. The van der Waals surface area contributed by atoms with Gasteiger partial charge in [0, 0.05) is 0 Å². The van der Waals surface area contributed by atoms with Gasteiger partial charge >= 0.3 is 247 Å². The molecule has 4 aliphatic rings. The number of hydrogen-bond donors (Lipinski definition) is 0. The number of rotatable bonds is 18. The molecule has 0 aromatic carbocycles. The van der Waals surface area contributed by atoms with E-state index < -0.39 is 0 Å². The molecule has 4 saturated heterocycles. The summed E-state index contributed by atoms with van der Waals surface area (Å²) >= 11 is 23.2. The molecule has 0 aromatic rings. The van der Waals surface area contributed by atoms with Gasteiger partial charge < -0.3 is 0 Å². The van der Waals surface area contributed by atoms with Gasteiger partial charge in [-0.2, -0.15) is 0 Å². The first-order valence-corrected chi connectivity index (χ1v) is 20.7. The van der Waals surface area contributed by atoms with Gasteiger partial charge in [-0.1, -0.05) is 0 Å². The molecule has 172 valence electrons. The first kappa shape index (κ1) is 27.5. The Morgan fingerprint density at radius 3 is 0.968 bits per heavy atom. The predicted molar refractivity (Wildman–Crippen MR) is 158 cm³/mol. The van der Waals surface area contributed by atoms with E-state index in [1.54, 1.807) is 17.7 Å². The van der Waals surface area contributed by atoms with E-state index in [1.807, 2.05) is 0 Å². The van der Waals surface area contributed by atoms with Crippen LogP contribution < -0.4 is 0 Å². The molecule has 0 bridgehead atoms. The second kappa shape index (κ2) is 13.9. The van der Waals surface area contributed by atoms with Crippen LogP contribution in [-0.4, -0.2) is 139 Å². The van der Waals surface area contributed by atoms with Crippen LogP contribution in [-0.2, 0) is 0 Å². The molecule has 0 N–H and O–H groups in total. The molecule has 0 nitrogen and oxygen atoms in total. The molecule has 4 fully saturated rings. The molecule has 31 heavy (non-hydrogen) atoms. The summed E-state index contributed by atoms with van der Waals surface area (Å²) in [7, 11) is 0. The van der Waals surface area contributed by atoms with Crippen molar-refractivity contribution >= 4 is 142 Å². The molecule has 4 rings (SSSR count). The summed E-state index contributed by atoms with van der Waals surface area (Å²) in [5, 5.41) is 3.67. The van der Waals surface area contributed by atoms with E-state index in [1.165, 1.54) is 74.4 Å². The van der Waals surface area contributed by atoms with Gasteiger partial charge in [0.2, 0.25) is 0 Å². The maximum atomic E-state index is 3.49. The molecule has 0 amide bonds. The Bertz CT molecular complexity index is 584. The second-order valence-corrected chi connectivity index (χ2v) is 22.5. The molecule has 4 atom stereocenters. The molecule has 9 heteroatoms. The van der Waals surface area contributed by atoms with Crippen molar-refractivity contribution < 1.29 is 0 Å². The fourth-order valence-electron chi connectivity index (χ4n) is 3.72. The van der Waals surface area contributed by atoms with E-state index in [9.17, 15) is 0 Å². The molecule has 0 aromatic heterocycles. The first-order valence-electron chi connectivity index (χ1n) is 11.1. The zero-order valence-electron chi connectivity index (χ0n) is 17.6. The van der Waals surface area contributed by atoms with Gasteiger partial charge in [0.1, 0.15) is 0 Å². The van der Waals surface area contributed by atoms with E-state index in [0.717, 1.165) is 30.6 Å². The monoisotopic (exact) mass is 822 g/mol. The van der Waals surface area contributed by atoms with E-state index in [-0.39, 0.29) is 0 Å². The molecule has 0 spiro atoms. The van der Waals surface area contributed by atoms with Gasteiger partial charge in [-0.3, -0.25) is 0 Å². The van der Waals surface area contributed by atoms with Crippen LogP contribution in [0.5, 0.6) is 0 Å². The number of hydrogen-bond acceptors (Lipinski definition) is 4. The van der Waals surface area contributed by atoms with Crippen molar-refractivity contribution in [3.63, 3.8) is 0 Å². The number of thioether (sulfide) groups is 4. The third-order valence-corrected chi connectivity index (χ3v) is 15.3. The van der Waals surface area contributed by atoms with Crippen molar-refractivity contribution in [2.75, 3.05) is 23.0 Å². The van der Waals surface area contributed by atoms with Crippen LogP contribution in [0.1, 0.15) is 51.4 Å². The Kier molecular flexibility index (Phi) is 12.3. The van der Waals surface area contributed by atoms with Crippen LogP contribution in [0.15, 0.2) is 0 Å². The molecule has 0 saturated carbocycles. The molecule has 4 heterocycles. The van der Waals surface area contributed by atoms with Crippen LogP contribution in [0.2, 0.25) is 9.63 Å². The van der Waals surface area contributed by atoms with Gasteiger partial charge in [-0.25, -0.2) is 0 Å². The zero-order chi connectivity index (χ0) is 21.8. The third-order valence-electron chi connectivity index (χ3n) is 5.64. The Balaban J connectivity index is 1.34. The summed E-state index contributed by atoms with van der Waals surface area (Å²) in [6, 6.07) is 0. The van der Waals surface area contributed by atoms with Crippen LogP contribution in [0.4, 0.5) is 0 Å².